The monoisotopic (exact) mass is 292 g/mol. The van der Waals surface area contributed by atoms with E-state index in [1.807, 2.05) is 0 Å². The second-order valence-corrected chi connectivity index (χ2v) is 4.91. The van der Waals surface area contributed by atoms with Crippen molar-refractivity contribution < 1.29 is 27.2 Å². The molecule has 1 aliphatic carbocycles. The maximum atomic E-state index is 12.1. The second-order valence-electron chi connectivity index (χ2n) is 4.91. The van der Waals surface area contributed by atoms with Gasteiger partial charge in [-0.15, -0.1) is 5.06 Å². The number of carbonyl (C=O) groups excluding carboxylic acids is 1. The summed E-state index contributed by atoms with van der Waals surface area (Å²) in [5.41, 5.74) is 0.764. The minimum absolute atomic E-state index is 0.0424. The van der Waals surface area contributed by atoms with E-state index in [4.69, 9.17) is 4.42 Å². The lowest BCUT2D eigenvalue weighted by atomic mass is 10.1. The predicted molar refractivity (Wildman–Crippen MR) is 61.5 cm³/mol. The van der Waals surface area contributed by atoms with Crippen LogP contribution in [0.15, 0.2) is 10.7 Å². The average Bonchev–Trinajstić information content (AvgIpc) is 2.95. The number of aromatic nitrogens is 1. The van der Waals surface area contributed by atoms with Crippen LogP contribution in [-0.2, 0) is 9.63 Å². The number of halogens is 3. The number of nitrogens with zero attached hydrogens (tertiary/aromatic N) is 2. The van der Waals surface area contributed by atoms with Crippen LogP contribution >= 0.6 is 0 Å². The van der Waals surface area contributed by atoms with Gasteiger partial charge in [0.2, 0.25) is 0 Å². The SMILES string of the molecule is Cc1coc([C@H]2CC[C@@H](N(C)OC(=O)C(F)(F)F)C2)n1. The molecule has 0 N–H and O–H groups in total. The maximum absolute atomic E-state index is 12.1. The van der Waals surface area contributed by atoms with E-state index in [0.29, 0.717) is 18.7 Å². The average molecular weight is 292 g/mol. The minimum atomic E-state index is -4.98. The van der Waals surface area contributed by atoms with Gasteiger partial charge in [0.25, 0.3) is 0 Å². The highest BCUT2D eigenvalue weighted by Crippen LogP contribution is 2.36. The van der Waals surface area contributed by atoms with Gasteiger partial charge >= 0.3 is 12.1 Å². The molecule has 1 saturated carbocycles. The van der Waals surface area contributed by atoms with Gasteiger partial charge in [0.05, 0.1) is 5.69 Å². The third-order valence-electron chi connectivity index (χ3n) is 3.36. The van der Waals surface area contributed by atoms with Gasteiger partial charge in [0, 0.05) is 19.0 Å². The topological polar surface area (TPSA) is 55.6 Å². The van der Waals surface area contributed by atoms with Gasteiger partial charge in [0.15, 0.2) is 5.89 Å². The number of carbonyl (C=O) groups is 1. The molecule has 20 heavy (non-hydrogen) atoms. The van der Waals surface area contributed by atoms with Crippen LogP contribution in [0.3, 0.4) is 0 Å². The zero-order valence-electron chi connectivity index (χ0n) is 11.1. The molecule has 0 spiro atoms. The summed E-state index contributed by atoms with van der Waals surface area (Å²) in [6, 6.07) is -0.265. The van der Waals surface area contributed by atoms with Crippen molar-refractivity contribution >= 4 is 5.97 Å². The van der Waals surface area contributed by atoms with Crippen LogP contribution in [0.2, 0.25) is 0 Å². The Morgan fingerprint density at radius 2 is 2.20 bits per heavy atom. The molecule has 0 saturated heterocycles. The van der Waals surface area contributed by atoms with Crippen LogP contribution in [0.4, 0.5) is 13.2 Å². The van der Waals surface area contributed by atoms with E-state index in [1.165, 1.54) is 13.3 Å². The standard InChI is InChI=1S/C12H15F3N2O3/c1-7-6-19-10(16-7)8-3-4-9(5-8)17(2)20-11(18)12(13,14)15/h6,8-9H,3-5H2,1-2H3/t8-,9+/m0/s1. The first kappa shape index (κ1) is 14.8. The van der Waals surface area contributed by atoms with Crippen LogP contribution in [-0.4, -0.2) is 35.3 Å². The number of rotatable bonds is 3. The highest BCUT2D eigenvalue weighted by atomic mass is 19.4. The Morgan fingerprint density at radius 3 is 2.75 bits per heavy atom. The van der Waals surface area contributed by atoms with Crippen LogP contribution in [0.1, 0.15) is 36.8 Å². The van der Waals surface area contributed by atoms with Crippen molar-refractivity contribution in [1.82, 2.24) is 10.0 Å². The second kappa shape index (κ2) is 5.43. The third-order valence-corrected chi connectivity index (χ3v) is 3.36. The van der Waals surface area contributed by atoms with E-state index < -0.39 is 12.1 Å². The van der Waals surface area contributed by atoms with Crippen molar-refractivity contribution in [2.45, 2.75) is 44.3 Å². The normalized spacial score (nSPS) is 23.3. The molecule has 0 aromatic carbocycles. The summed E-state index contributed by atoms with van der Waals surface area (Å²) in [6.07, 6.45) is -1.55. The number of hydrogen-bond donors (Lipinski definition) is 0. The molecule has 1 heterocycles. The van der Waals surface area contributed by atoms with Gasteiger partial charge in [0.1, 0.15) is 6.26 Å². The van der Waals surface area contributed by atoms with Gasteiger partial charge < -0.3 is 9.25 Å². The first-order valence-corrected chi connectivity index (χ1v) is 6.21. The van der Waals surface area contributed by atoms with Gasteiger partial charge in [-0.1, -0.05) is 0 Å². The Hall–Kier alpha value is -1.57. The summed E-state index contributed by atoms with van der Waals surface area (Å²) in [5.74, 6) is -1.57. The molecule has 0 radical (unpaired) electrons. The van der Waals surface area contributed by atoms with Gasteiger partial charge in [-0.25, -0.2) is 9.78 Å². The fourth-order valence-corrected chi connectivity index (χ4v) is 2.33. The number of hydrogen-bond acceptors (Lipinski definition) is 5. The minimum Gasteiger partial charge on any atom is -0.448 e. The van der Waals surface area contributed by atoms with Crippen molar-refractivity contribution in [3.05, 3.63) is 17.8 Å². The lowest BCUT2D eigenvalue weighted by Gasteiger charge is -2.23. The fraction of sp³-hybridized carbons (Fsp3) is 0.667. The molecule has 0 aliphatic heterocycles. The van der Waals surface area contributed by atoms with Crippen molar-refractivity contribution in [2.75, 3.05) is 7.05 Å². The summed E-state index contributed by atoms with van der Waals surface area (Å²) >= 11 is 0. The molecule has 5 nitrogen and oxygen atoms in total. The van der Waals surface area contributed by atoms with Crippen molar-refractivity contribution in [3.63, 3.8) is 0 Å². The van der Waals surface area contributed by atoms with Crippen LogP contribution in [0, 0.1) is 6.92 Å². The van der Waals surface area contributed by atoms with Gasteiger partial charge in [-0.2, -0.15) is 13.2 Å². The quantitative estimate of drug-likeness (QED) is 0.801. The number of alkyl halides is 3. The molecule has 0 amide bonds. The van der Waals surface area contributed by atoms with Crippen LogP contribution in [0.25, 0.3) is 0 Å². The molecule has 2 atom stereocenters. The van der Waals surface area contributed by atoms with Crippen molar-refractivity contribution in [3.8, 4) is 0 Å². The van der Waals surface area contributed by atoms with E-state index in [0.717, 1.165) is 17.2 Å². The zero-order valence-corrected chi connectivity index (χ0v) is 11.1. The van der Waals surface area contributed by atoms with E-state index in [-0.39, 0.29) is 12.0 Å². The lowest BCUT2D eigenvalue weighted by Crippen LogP contribution is -2.37. The third kappa shape index (κ3) is 3.30. The first-order valence-electron chi connectivity index (χ1n) is 6.21. The Labute approximate surface area is 113 Å². The van der Waals surface area contributed by atoms with Crippen LogP contribution < -0.4 is 0 Å². The molecule has 0 unspecified atom stereocenters. The predicted octanol–water partition coefficient (Wildman–Crippen LogP) is 2.57. The molecule has 112 valence electrons. The lowest BCUT2D eigenvalue weighted by molar-refractivity contribution is -0.240. The molecule has 1 aromatic heterocycles. The maximum Gasteiger partial charge on any atom is 0.492 e. The van der Waals surface area contributed by atoms with Crippen molar-refractivity contribution in [1.29, 1.82) is 0 Å². The van der Waals surface area contributed by atoms with E-state index in [1.54, 1.807) is 6.92 Å². The summed E-state index contributed by atoms with van der Waals surface area (Å²) in [7, 11) is 1.33. The summed E-state index contributed by atoms with van der Waals surface area (Å²) in [5, 5.41) is 0.978. The smallest absolute Gasteiger partial charge is 0.448 e. The molecular weight excluding hydrogens is 277 g/mol. The highest BCUT2D eigenvalue weighted by Gasteiger charge is 2.43. The Balaban J connectivity index is 1.91. The zero-order chi connectivity index (χ0) is 14.9. The molecule has 8 heteroatoms. The number of aryl methyl sites for hydroxylation is 1. The fourth-order valence-electron chi connectivity index (χ4n) is 2.33. The first-order chi connectivity index (χ1) is 9.27. The molecule has 1 aliphatic rings. The van der Waals surface area contributed by atoms with Crippen LogP contribution in [0.5, 0.6) is 0 Å². The summed E-state index contributed by atoms with van der Waals surface area (Å²) < 4.78 is 41.6. The van der Waals surface area contributed by atoms with E-state index in [2.05, 4.69) is 9.82 Å². The Kier molecular flexibility index (Phi) is 4.03. The van der Waals surface area contributed by atoms with Crippen molar-refractivity contribution in [2.24, 2.45) is 0 Å². The van der Waals surface area contributed by atoms with E-state index in [9.17, 15) is 18.0 Å². The highest BCUT2D eigenvalue weighted by molar-refractivity contribution is 5.75. The van der Waals surface area contributed by atoms with Gasteiger partial charge in [-0.3, -0.25) is 0 Å². The summed E-state index contributed by atoms with van der Waals surface area (Å²) in [4.78, 5) is 19.3. The Bertz CT molecular complexity index is 487. The Morgan fingerprint density at radius 1 is 1.50 bits per heavy atom. The molecule has 1 aromatic rings. The largest absolute Gasteiger partial charge is 0.492 e. The number of hydroxylamine groups is 2. The number of oxazole rings is 1. The molecule has 1 fully saturated rings. The summed E-state index contributed by atoms with van der Waals surface area (Å²) in [6.45, 7) is 1.80. The van der Waals surface area contributed by atoms with E-state index >= 15 is 0 Å². The molecular formula is C12H15F3N2O3. The molecule has 0 bridgehead atoms. The van der Waals surface area contributed by atoms with Gasteiger partial charge in [-0.05, 0) is 26.2 Å². The molecule has 2 rings (SSSR count).